The van der Waals surface area contributed by atoms with Crippen molar-refractivity contribution in [1.82, 2.24) is 0 Å². The average Bonchev–Trinajstić information content (AvgIpc) is 2.55. The number of amides is 1. The van der Waals surface area contributed by atoms with E-state index in [-0.39, 0.29) is 23.4 Å². The second-order valence-corrected chi connectivity index (χ2v) is 5.10. The molecule has 0 saturated heterocycles. The van der Waals surface area contributed by atoms with E-state index in [0.717, 1.165) is 6.42 Å². The van der Waals surface area contributed by atoms with Crippen LogP contribution >= 0.6 is 0 Å². The molecule has 126 valence electrons. The standard InChI is InChI=1S/C17H17FN2O4/c1-2-9-24-13-7-8-15(16(11-13)20(22)23)19-17(21)10-12-5-3-4-6-14(12)18/h3-8,11H,2,9-10H2,1H3,(H,19,21). The minimum atomic E-state index is -0.600. The number of carbonyl (C=O) groups excluding carboxylic acids is 1. The number of nitro groups is 1. The summed E-state index contributed by atoms with van der Waals surface area (Å²) in [6.07, 6.45) is 0.562. The third kappa shape index (κ3) is 4.52. The number of nitrogens with one attached hydrogen (secondary N) is 1. The van der Waals surface area contributed by atoms with Crippen molar-refractivity contribution < 1.29 is 18.8 Å². The first-order valence-electron chi connectivity index (χ1n) is 7.45. The van der Waals surface area contributed by atoms with Crippen molar-refractivity contribution in [1.29, 1.82) is 0 Å². The van der Waals surface area contributed by atoms with Crippen LogP contribution in [-0.2, 0) is 11.2 Å². The molecule has 0 saturated carbocycles. The smallest absolute Gasteiger partial charge is 0.296 e. The van der Waals surface area contributed by atoms with Crippen LogP contribution < -0.4 is 10.1 Å². The van der Waals surface area contributed by atoms with Gasteiger partial charge in [0.25, 0.3) is 5.69 Å². The molecule has 2 aromatic rings. The van der Waals surface area contributed by atoms with Gasteiger partial charge in [0.1, 0.15) is 17.3 Å². The van der Waals surface area contributed by atoms with Gasteiger partial charge in [-0.2, -0.15) is 0 Å². The van der Waals surface area contributed by atoms with E-state index in [1.807, 2.05) is 6.92 Å². The average molecular weight is 332 g/mol. The first-order chi connectivity index (χ1) is 11.5. The number of hydrogen-bond donors (Lipinski definition) is 1. The molecule has 0 unspecified atom stereocenters. The highest BCUT2D eigenvalue weighted by Gasteiger charge is 2.18. The summed E-state index contributed by atoms with van der Waals surface area (Å²) in [5.41, 5.74) is -0.00349. The fourth-order valence-electron chi connectivity index (χ4n) is 2.09. The van der Waals surface area contributed by atoms with Gasteiger partial charge in [-0.05, 0) is 30.2 Å². The first kappa shape index (κ1) is 17.4. The zero-order chi connectivity index (χ0) is 17.5. The lowest BCUT2D eigenvalue weighted by molar-refractivity contribution is -0.384. The highest BCUT2D eigenvalue weighted by Crippen LogP contribution is 2.29. The van der Waals surface area contributed by atoms with Crippen LogP contribution in [0.25, 0.3) is 0 Å². The Bertz CT molecular complexity index is 749. The molecule has 0 aliphatic carbocycles. The molecule has 0 aliphatic heterocycles. The minimum Gasteiger partial charge on any atom is -0.493 e. The highest BCUT2D eigenvalue weighted by atomic mass is 19.1. The fourth-order valence-corrected chi connectivity index (χ4v) is 2.09. The number of ether oxygens (including phenoxy) is 1. The summed E-state index contributed by atoms with van der Waals surface area (Å²) in [6, 6.07) is 10.1. The molecule has 0 aromatic heterocycles. The molecule has 0 aliphatic rings. The van der Waals surface area contributed by atoms with E-state index in [9.17, 15) is 19.3 Å². The van der Waals surface area contributed by atoms with Gasteiger partial charge in [-0.15, -0.1) is 0 Å². The number of anilines is 1. The van der Waals surface area contributed by atoms with Crippen molar-refractivity contribution in [3.05, 3.63) is 64.0 Å². The number of halogens is 1. The monoisotopic (exact) mass is 332 g/mol. The van der Waals surface area contributed by atoms with E-state index in [2.05, 4.69) is 5.32 Å². The van der Waals surface area contributed by atoms with E-state index in [4.69, 9.17) is 4.74 Å². The molecule has 0 atom stereocenters. The molecule has 0 fully saturated rings. The number of carbonyl (C=O) groups is 1. The topological polar surface area (TPSA) is 81.5 Å². The summed E-state index contributed by atoms with van der Waals surface area (Å²) in [7, 11) is 0. The molecule has 0 radical (unpaired) electrons. The molecular formula is C17H17FN2O4. The zero-order valence-electron chi connectivity index (χ0n) is 13.1. The fraction of sp³-hybridized carbons (Fsp3) is 0.235. The molecule has 1 N–H and O–H groups in total. The lowest BCUT2D eigenvalue weighted by Crippen LogP contribution is -2.16. The Morgan fingerprint density at radius 2 is 2.04 bits per heavy atom. The van der Waals surface area contributed by atoms with Gasteiger partial charge in [-0.3, -0.25) is 14.9 Å². The van der Waals surface area contributed by atoms with Crippen molar-refractivity contribution >= 4 is 17.3 Å². The van der Waals surface area contributed by atoms with Crippen LogP contribution in [0.5, 0.6) is 5.75 Å². The number of nitro benzene ring substituents is 1. The quantitative estimate of drug-likeness (QED) is 0.619. The Hall–Kier alpha value is -2.96. The lowest BCUT2D eigenvalue weighted by atomic mass is 10.1. The maximum Gasteiger partial charge on any atom is 0.296 e. The van der Waals surface area contributed by atoms with Crippen LogP contribution in [-0.4, -0.2) is 17.4 Å². The van der Waals surface area contributed by atoms with E-state index < -0.39 is 16.6 Å². The Morgan fingerprint density at radius 3 is 2.71 bits per heavy atom. The van der Waals surface area contributed by atoms with Crippen LogP contribution in [0.4, 0.5) is 15.8 Å². The van der Waals surface area contributed by atoms with Crippen molar-refractivity contribution in [2.24, 2.45) is 0 Å². The van der Waals surface area contributed by atoms with Crippen molar-refractivity contribution in [3.8, 4) is 5.75 Å². The molecule has 1 amide bonds. The molecule has 0 heterocycles. The molecule has 2 aromatic carbocycles. The summed E-state index contributed by atoms with van der Waals surface area (Å²) in [4.78, 5) is 22.6. The number of nitrogens with zero attached hydrogens (tertiary/aromatic N) is 1. The molecular weight excluding hydrogens is 315 g/mol. The largest absolute Gasteiger partial charge is 0.493 e. The molecule has 0 spiro atoms. The van der Waals surface area contributed by atoms with Gasteiger partial charge in [0.2, 0.25) is 5.91 Å². The Balaban J connectivity index is 2.14. The van der Waals surface area contributed by atoms with Crippen molar-refractivity contribution in [2.75, 3.05) is 11.9 Å². The summed E-state index contributed by atoms with van der Waals surface area (Å²) >= 11 is 0. The molecule has 24 heavy (non-hydrogen) atoms. The maximum atomic E-state index is 13.6. The third-order valence-corrected chi connectivity index (χ3v) is 3.22. The van der Waals surface area contributed by atoms with Gasteiger partial charge in [0, 0.05) is 0 Å². The third-order valence-electron chi connectivity index (χ3n) is 3.22. The molecule has 7 heteroatoms. The first-order valence-corrected chi connectivity index (χ1v) is 7.45. The van der Waals surface area contributed by atoms with Gasteiger partial charge in [0.05, 0.1) is 24.0 Å². The molecule has 2 rings (SSSR count). The SMILES string of the molecule is CCCOc1ccc(NC(=O)Cc2ccccc2F)c([N+](=O)[O-])c1. The maximum absolute atomic E-state index is 13.6. The second-order valence-electron chi connectivity index (χ2n) is 5.10. The summed E-state index contributed by atoms with van der Waals surface area (Å²) < 4.78 is 18.9. The summed E-state index contributed by atoms with van der Waals surface area (Å²) in [5.74, 6) is -0.674. The summed E-state index contributed by atoms with van der Waals surface area (Å²) in [5, 5.41) is 13.6. The van der Waals surface area contributed by atoms with Gasteiger partial charge >= 0.3 is 0 Å². The Labute approximate surface area is 138 Å². The Kier molecular flexibility index (Phi) is 5.83. The van der Waals surface area contributed by atoms with Crippen molar-refractivity contribution in [3.63, 3.8) is 0 Å². The predicted octanol–water partition coefficient (Wildman–Crippen LogP) is 3.70. The van der Waals surface area contributed by atoms with Gasteiger partial charge in [-0.1, -0.05) is 25.1 Å². The van der Waals surface area contributed by atoms with E-state index in [1.165, 1.54) is 30.3 Å². The van der Waals surface area contributed by atoms with Gasteiger partial charge in [-0.25, -0.2) is 4.39 Å². The van der Waals surface area contributed by atoms with Crippen molar-refractivity contribution in [2.45, 2.75) is 19.8 Å². The minimum absolute atomic E-state index is 0.0465. The molecule has 6 nitrogen and oxygen atoms in total. The number of hydrogen-bond acceptors (Lipinski definition) is 4. The second kappa shape index (κ2) is 8.05. The van der Waals surface area contributed by atoms with Crippen LogP contribution in [0.3, 0.4) is 0 Å². The normalized spacial score (nSPS) is 10.2. The van der Waals surface area contributed by atoms with Crippen LogP contribution in [0.15, 0.2) is 42.5 Å². The van der Waals surface area contributed by atoms with Crippen LogP contribution in [0.1, 0.15) is 18.9 Å². The van der Waals surface area contributed by atoms with E-state index in [1.54, 1.807) is 12.1 Å². The van der Waals surface area contributed by atoms with Crippen LogP contribution in [0, 0.1) is 15.9 Å². The number of rotatable bonds is 7. The van der Waals surface area contributed by atoms with E-state index >= 15 is 0 Å². The highest BCUT2D eigenvalue weighted by molar-refractivity contribution is 5.94. The van der Waals surface area contributed by atoms with Gasteiger partial charge < -0.3 is 10.1 Å². The zero-order valence-corrected chi connectivity index (χ0v) is 13.1. The Morgan fingerprint density at radius 1 is 1.29 bits per heavy atom. The lowest BCUT2D eigenvalue weighted by Gasteiger charge is -2.09. The molecule has 0 bridgehead atoms. The summed E-state index contributed by atoms with van der Waals surface area (Å²) in [6.45, 7) is 2.36. The predicted molar refractivity (Wildman–Crippen MR) is 87.6 cm³/mol. The van der Waals surface area contributed by atoms with Crippen LogP contribution in [0.2, 0.25) is 0 Å². The van der Waals surface area contributed by atoms with Gasteiger partial charge in [0.15, 0.2) is 0 Å². The number of benzene rings is 2. The van der Waals surface area contributed by atoms with E-state index in [0.29, 0.717) is 12.4 Å².